The van der Waals surface area contributed by atoms with Crippen LogP contribution in [0.3, 0.4) is 0 Å². The van der Waals surface area contributed by atoms with Crippen molar-refractivity contribution in [3.63, 3.8) is 0 Å². The van der Waals surface area contributed by atoms with E-state index >= 15 is 0 Å². The van der Waals surface area contributed by atoms with Crippen molar-refractivity contribution in [2.24, 2.45) is 0 Å². The van der Waals surface area contributed by atoms with E-state index in [1.165, 1.54) is 6.20 Å². The van der Waals surface area contributed by atoms with E-state index < -0.39 is 0 Å². The number of nitrogens with zero attached hydrogens (tertiary/aromatic N) is 2. The number of carbonyl (C=O) groups is 2. The van der Waals surface area contributed by atoms with Gasteiger partial charge in [-0.2, -0.15) is 0 Å². The van der Waals surface area contributed by atoms with Crippen molar-refractivity contribution in [2.75, 3.05) is 0 Å². The summed E-state index contributed by atoms with van der Waals surface area (Å²) in [5.74, 6) is -0.307. The summed E-state index contributed by atoms with van der Waals surface area (Å²) in [7, 11) is 0. The van der Waals surface area contributed by atoms with Gasteiger partial charge in [0.25, 0.3) is 11.8 Å². The standard InChI is InChI=1S/C20H23N3O2/c1-14(2)23(13-15-6-4-3-5-7-15)20(25)16-10-11-21-18(12-16)19(24)22-17-8-9-17/h3-7,10-12,14,17H,8-9,13H2,1-2H3,(H,22,24). The van der Waals surface area contributed by atoms with E-state index in [1.807, 2.05) is 44.2 Å². The summed E-state index contributed by atoms with van der Waals surface area (Å²) in [6.45, 7) is 4.51. The van der Waals surface area contributed by atoms with Crippen molar-refractivity contribution in [2.45, 2.75) is 45.3 Å². The molecule has 1 fully saturated rings. The predicted molar refractivity (Wildman–Crippen MR) is 96.2 cm³/mol. The summed E-state index contributed by atoms with van der Waals surface area (Å²) in [6, 6.07) is 13.4. The van der Waals surface area contributed by atoms with Crippen LogP contribution in [0.25, 0.3) is 0 Å². The van der Waals surface area contributed by atoms with Crippen LogP contribution in [0.5, 0.6) is 0 Å². The first kappa shape index (κ1) is 17.1. The quantitative estimate of drug-likeness (QED) is 0.881. The number of pyridine rings is 1. The Balaban J connectivity index is 1.78. The summed E-state index contributed by atoms with van der Waals surface area (Å²) in [4.78, 5) is 31.0. The van der Waals surface area contributed by atoms with Crippen LogP contribution in [0.2, 0.25) is 0 Å². The van der Waals surface area contributed by atoms with Gasteiger partial charge in [0.2, 0.25) is 0 Å². The van der Waals surface area contributed by atoms with E-state index in [0.717, 1.165) is 18.4 Å². The molecule has 0 radical (unpaired) electrons. The van der Waals surface area contributed by atoms with Gasteiger partial charge in [0.05, 0.1) is 0 Å². The second-order valence-corrected chi connectivity index (χ2v) is 6.69. The molecule has 1 heterocycles. The molecule has 1 aliphatic rings. The molecular weight excluding hydrogens is 314 g/mol. The molecule has 130 valence electrons. The van der Waals surface area contributed by atoms with Crippen LogP contribution >= 0.6 is 0 Å². The minimum absolute atomic E-state index is 0.0459. The van der Waals surface area contributed by atoms with Gasteiger partial charge < -0.3 is 10.2 Å². The summed E-state index contributed by atoms with van der Waals surface area (Å²) in [5.41, 5.74) is 1.85. The van der Waals surface area contributed by atoms with Crippen molar-refractivity contribution >= 4 is 11.8 Å². The maximum atomic E-state index is 13.0. The zero-order valence-electron chi connectivity index (χ0n) is 14.6. The fourth-order valence-electron chi connectivity index (χ4n) is 2.61. The zero-order chi connectivity index (χ0) is 17.8. The van der Waals surface area contributed by atoms with Crippen LogP contribution < -0.4 is 5.32 Å². The molecule has 5 nitrogen and oxygen atoms in total. The maximum Gasteiger partial charge on any atom is 0.270 e. The van der Waals surface area contributed by atoms with Crippen LogP contribution in [0.4, 0.5) is 0 Å². The minimum Gasteiger partial charge on any atom is -0.348 e. The first-order chi connectivity index (χ1) is 12.0. The Morgan fingerprint density at radius 1 is 1.20 bits per heavy atom. The topological polar surface area (TPSA) is 62.3 Å². The molecule has 0 saturated heterocycles. The summed E-state index contributed by atoms with van der Waals surface area (Å²) >= 11 is 0. The molecule has 1 aromatic heterocycles. The van der Waals surface area contributed by atoms with Gasteiger partial charge in [-0.1, -0.05) is 30.3 Å². The lowest BCUT2D eigenvalue weighted by atomic mass is 10.1. The van der Waals surface area contributed by atoms with E-state index in [2.05, 4.69) is 10.3 Å². The number of rotatable bonds is 6. The van der Waals surface area contributed by atoms with Crippen LogP contribution in [0.1, 0.15) is 53.1 Å². The highest BCUT2D eigenvalue weighted by molar-refractivity contribution is 5.98. The van der Waals surface area contributed by atoms with Gasteiger partial charge in [0.15, 0.2) is 0 Å². The second kappa shape index (κ2) is 7.47. The molecule has 3 rings (SSSR count). The zero-order valence-corrected chi connectivity index (χ0v) is 14.6. The highest BCUT2D eigenvalue weighted by Gasteiger charge is 2.25. The van der Waals surface area contributed by atoms with Gasteiger partial charge >= 0.3 is 0 Å². The normalized spacial score (nSPS) is 13.6. The third-order valence-corrected chi connectivity index (χ3v) is 4.23. The molecule has 0 atom stereocenters. The molecule has 0 spiro atoms. The van der Waals surface area contributed by atoms with E-state index in [1.54, 1.807) is 17.0 Å². The lowest BCUT2D eigenvalue weighted by Gasteiger charge is -2.27. The van der Waals surface area contributed by atoms with Gasteiger partial charge in [-0.3, -0.25) is 14.6 Å². The smallest absolute Gasteiger partial charge is 0.270 e. The number of nitrogens with one attached hydrogen (secondary N) is 1. The van der Waals surface area contributed by atoms with Gasteiger partial charge in [0, 0.05) is 30.4 Å². The number of amides is 2. The number of benzene rings is 1. The van der Waals surface area contributed by atoms with Crippen LogP contribution in [-0.2, 0) is 6.54 Å². The van der Waals surface area contributed by atoms with E-state index in [0.29, 0.717) is 17.8 Å². The first-order valence-electron chi connectivity index (χ1n) is 8.66. The van der Waals surface area contributed by atoms with Crippen LogP contribution in [-0.4, -0.2) is 33.8 Å². The molecule has 0 bridgehead atoms. The molecular formula is C20H23N3O2. The molecule has 1 aliphatic carbocycles. The second-order valence-electron chi connectivity index (χ2n) is 6.69. The number of hydrogen-bond donors (Lipinski definition) is 1. The molecule has 2 amide bonds. The van der Waals surface area contributed by atoms with Gasteiger partial charge in [-0.05, 0) is 44.4 Å². The van der Waals surface area contributed by atoms with E-state index in [9.17, 15) is 9.59 Å². The molecule has 1 aromatic carbocycles. The number of hydrogen-bond acceptors (Lipinski definition) is 3. The lowest BCUT2D eigenvalue weighted by Crippen LogP contribution is -2.36. The van der Waals surface area contributed by atoms with Crippen molar-refractivity contribution in [3.8, 4) is 0 Å². The maximum absolute atomic E-state index is 13.0. The van der Waals surface area contributed by atoms with Crippen LogP contribution in [0.15, 0.2) is 48.7 Å². The van der Waals surface area contributed by atoms with Gasteiger partial charge in [-0.15, -0.1) is 0 Å². The fraction of sp³-hybridized carbons (Fsp3) is 0.350. The molecule has 0 aliphatic heterocycles. The Hall–Kier alpha value is -2.69. The molecule has 25 heavy (non-hydrogen) atoms. The largest absolute Gasteiger partial charge is 0.348 e. The predicted octanol–water partition coefficient (Wildman–Crippen LogP) is 3.02. The minimum atomic E-state index is -0.212. The van der Waals surface area contributed by atoms with E-state index in [-0.39, 0.29) is 23.9 Å². The third-order valence-electron chi connectivity index (χ3n) is 4.23. The average molecular weight is 337 g/mol. The number of aromatic nitrogens is 1. The Labute approximate surface area is 148 Å². The lowest BCUT2D eigenvalue weighted by molar-refractivity contribution is 0.0690. The third kappa shape index (κ3) is 4.44. The average Bonchev–Trinajstić information content (AvgIpc) is 3.44. The van der Waals surface area contributed by atoms with Crippen LogP contribution in [0, 0.1) is 0 Å². The summed E-state index contributed by atoms with van der Waals surface area (Å²) in [5, 5.41) is 2.90. The monoisotopic (exact) mass is 337 g/mol. The summed E-state index contributed by atoms with van der Waals surface area (Å²) < 4.78 is 0. The van der Waals surface area contributed by atoms with Crippen molar-refractivity contribution in [3.05, 3.63) is 65.5 Å². The molecule has 0 unspecified atom stereocenters. The highest BCUT2D eigenvalue weighted by atomic mass is 16.2. The Morgan fingerprint density at radius 3 is 2.56 bits per heavy atom. The van der Waals surface area contributed by atoms with Crippen molar-refractivity contribution < 1.29 is 9.59 Å². The molecule has 5 heteroatoms. The Bertz CT molecular complexity index is 755. The van der Waals surface area contributed by atoms with Gasteiger partial charge in [0.1, 0.15) is 5.69 Å². The Morgan fingerprint density at radius 2 is 1.92 bits per heavy atom. The highest BCUT2D eigenvalue weighted by Crippen LogP contribution is 2.19. The molecule has 1 N–H and O–H groups in total. The molecule has 2 aromatic rings. The Kier molecular flexibility index (Phi) is 5.12. The summed E-state index contributed by atoms with van der Waals surface area (Å²) in [6.07, 6.45) is 3.56. The first-order valence-corrected chi connectivity index (χ1v) is 8.66. The van der Waals surface area contributed by atoms with Gasteiger partial charge in [-0.25, -0.2) is 0 Å². The number of carbonyl (C=O) groups excluding carboxylic acids is 2. The molecule has 1 saturated carbocycles. The van der Waals surface area contributed by atoms with E-state index in [4.69, 9.17) is 0 Å². The van der Waals surface area contributed by atoms with Crippen molar-refractivity contribution in [1.82, 2.24) is 15.2 Å². The SMILES string of the molecule is CC(C)N(Cc1ccccc1)C(=O)c1ccnc(C(=O)NC2CC2)c1. The van der Waals surface area contributed by atoms with Crippen molar-refractivity contribution in [1.29, 1.82) is 0 Å². The fourth-order valence-corrected chi connectivity index (χ4v) is 2.61.